The second-order valence-corrected chi connectivity index (χ2v) is 30.0. The van der Waals surface area contributed by atoms with Gasteiger partial charge in [-0.05, 0) is 211 Å². The van der Waals surface area contributed by atoms with E-state index in [1.807, 2.05) is 0 Å². The molecule has 9 aromatic carbocycles. The summed E-state index contributed by atoms with van der Waals surface area (Å²) in [5.74, 6) is 0. The van der Waals surface area contributed by atoms with Crippen molar-refractivity contribution in [2.75, 3.05) is 14.6 Å². The fourth-order valence-corrected chi connectivity index (χ4v) is 15.1. The number of aryl methyl sites for hydroxylation is 1. The highest BCUT2D eigenvalue weighted by Crippen LogP contribution is 2.56. The summed E-state index contributed by atoms with van der Waals surface area (Å²) in [5.41, 5.74) is 28.3. The maximum Gasteiger partial charge on any atom is 0.333 e. The molecule has 0 N–H and O–H groups in total. The average molecular weight is 1100 g/mol. The van der Waals surface area contributed by atoms with E-state index in [9.17, 15) is 0 Å². The lowest BCUT2D eigenvalue weighted by Gasteiger charge is -2.48. The molecular weight excluding hydrogens is 1020 g/mol. The van der Waals surface area contributed by atoms with Crippen LogP contribution in [0.25, 0.3) is 44.2 Å². The Morgan fingerprint density at radius 2 is 1.02 bits per heavy atom. The standard InChI is InChI=1S/C79H82BN3O/c1-49-43-62-64(79(14,15)42-41-77(62,10)11)48-67(49)82-66-37-25-51(50-21-17-16-18-22-50)44-65(66)80-72-60(45-57(47-68(72)82)81(54-30-26-52(27-31-54)74(2,3)4)55-32-28-53(29-33-55)75(5,6)7)58-35-38-70-71(59-23-19-20-24-69(59)84-70)73(58)83(80)56-34-36-61-63(46-56)78(12,13)40-39-76(61,8)9/h16-38,43-48H,39-42H2,1-15H3. The molecule has 0 atom stereocenters. The first kappa shape index (κ1) is 54.2. The molecule has 0 radical (unpaired) electrons. The van der Waals surface area contributed by atoms with Crippen molar-refractivity contribution in [1.29, 1.82) is 0 Å². The SMILES string of the molecule is Cc1cc2c(cc1N1c3ccc(-c4ccccc4)cc3B3c4c(cc(N(c5ccc(C(C)(C)C)cc5)c5ccc(C(C)(C)C)cc5)cc41)-c1ccc4oc5ccccc5c4c1N3c1ccc3c(c1)C(C)(C)CCC3(C)C)C(C)(C)CCC2(C)C. The van der Waals surface area contributed by atoms with Gasteiger partial charge in [0.1, 0.15) is 11.2 Å². The first-order chi connectivity index (χ1) is 39.8. The Hall–Kier alpha value is -7.76. The minimum atomic E-state index is -0.248. The molecule has 0 spiro atoms. The molecule has 10 aromatic rings. The van der Waals surface area contributed by atoms with E-state index in [1.165, 1.54) is 101 Å². The maximum atomic E-state index is 6.96. The molecule has 84 heavy (non-hydrogen) atoms. The summed E-state index contributed by atoms with van der Waals surface area (Å²) in [6.07, 6.45) is 4.58. The Morgan fingerprint density at radius 1 is 0.452 bits per heavy atom. The molecule has 4 nitrogen and oxygen atoms in total. The van der Waals surface area contributed by atoms with Gasteiger partial charge in [-0.1, -0.05) is 194 Å². The third-order valence-electron chi connectivity index (χ3n) is 20.4. The van der Waals surface area contributed by atoms with Crippen LogP contribution < -0.4 is 25.5 Å². The minimum Gasteiger partial charge on any atom is -0.456 e. The molecule has 0 fully saturated rings. The van der Waals surface area contributed by atoms with Crippen LogP contribution in [0, 0.1) is 6.92 Å². The van der Waals surface area contributed by atoms with Crippen LogP contribution in [0.2, 0.25) is 0 Å². The Balaban J connectivity index is 1.15. The smallest absolute Gasteiger partial charge is 0.333 e. The van der Waals surface area contributed by atoms with E-state index in [0.29, 0.717) is 0 Å². The first-order valence-corrected chi connectivity index (χ1v) is 31.0. The molecule has 0 saturated carbocycles. The lowest BCUT2D eigenvalue weighted by atomic mass is 9.43. The number of fused-ring (bicyclic) bond motifs is 10. The van der Waals surface area contributed by atoms with Crippen LogP contribution in [0.4, 0.5) is 45.5 Å². The van der Waals surface area contributed by atoms with Crippen LogP contribution in [0.15, 0.2) is 180 Å². The highest BCUT2D eigenvalue weighted by molar-refractivity contribution is 6.94. The first-order valence-electron chi connectivity index (χ1n) is 31.0. The lowest BCUT2D eigenvalue weighted by Crippen LogP contribution is -2.61. The molecular formula is C79H82BN3O. The Labute approximate surface area is 500 Å². The molecule has 2 aliphatic carbocycles. The predicted molar refractivity (Wildman–Crippen MR) is 360 cm³/mol. The highest BCUT2D eigenvalue weighted by Gasteiger charge is 2.49. The van der Waals surface area contributed by atoms with Crippen molar-refractivity contribution in [3.05, 3.63) is 215 Å². The van der Waals surface area contributed by atoms with Crippen LogP contribution in [0.1, 0.15) is 162 Å². The Kier molecular flexibility index (Phi) is 12.0. The number of benzene rings is 9. The minimum absolute atomic E-state index is 0.00427. The molecule has 0 saturated heterocycles. The summed E-state index contributed by atoms with van der Waals surface area (Å²) < 4.78 is 6.96. The van der Waals surface area contributed by atoms with Gasteiger partial charge in [-0.2, -0.15) is 0 Å². The van der Waals surface area contributed by atoms with E-state index < -0.39 is 0 Å². The van der Waals surface area contributed by atoms with Crippen molar-refractivity contribution < 1.29 is 4.42 Å². The largest absolute Gasteiger partial charge is 0.456 e. The number of hydrogen-bond donors (Lipinski definition) is 0. The van der Waals surface area contributed by atoms with Gasteiger partial charge in [-0.3, -0.25) is 0 Å². The monoisotopic (exact) mass is 1100 g/mol. The van der Waals surface area contributed by atoms with Crippen LogP contribution >= 0.6 is 0 Å². The predicted octanol–water partition coefficient (Wildman–Crippen LogP) is 21.0. The summed E-state index contributed by atoms with van der Waals surface area (Å²) in [7, 11) is 0. The van der Waals surface area contributed by atoms with Crippen molar-refractivity contribution in [3.8, 4) is 22.3 Å². The third-order valence-corrected chi connectivity index (χ3v) is 20.4. The summed E-state index contributed by atoms with van der Waals surface area (Å²) in [6.45, 7) is 35.6. The fourth-order valence-electron chi connectivity index (χ4n) is 15.1. The highest BCUT2D eigenvalue weighted by atomic mass is 16.3. The maximum absolute atomic E-state index is 6.96. The zero-order chi connectivity index (χ0) is 58.8. The molecule has 0 unspecified atom stereocenters. The van der Waals surface area contributed by atoms with E-state index in [-0.39, 0.29) is 39.3 Å². The van der Waals surface area contributed by atoms with Gasteiger partial charge in [-0.25, -0.2) is 0 Å². The van der Waals surface area contributed by atoms with Crippen molar-refractivity contribution in [1.82, 2.24) is 0 Å². The second kappa shape index (κ2) is 18.6. The summed E-state index contributed by atoms with van der Waals surface area (Å²) in [4.78, 5) is 7.97. The lowest BCUT2D eigenvalue weighted by molar-refractivity contribution is 0.332. The second-order valence-electron chi connectivity index (χ2n) is 30.0. The summed E-state index contributed by atoms with van der Waals surface area (Å²) in [6, 6.07) is 68.2. The number of para-hydroxylation sites is 1. The molecule has 4 aliphatic rings. The molecule has 1 aromatic heterocycles. The number of rotatable bonds is 6. The zero-order valence-electron chi connectivity index (χ0n) is 52.4. The Bertz CT molecular complexity index is 4240. The number of anilines is 8. The summed E-state index contributed by atoms with van der Waals surface area (Å²) in [5, 5.41) is 2.27. The fraction of sp³-hybridized carbons (Fsp3) is 0.316. The van der Waals surface area contributed by atoms with E-state index in [1.54, 1.807) is 0 Å². The van der Waals surface area contributed by atoms with E-state index in [4.69, 9.17) is 4.42 Å². The van der Waals surface area contributed by atoms with Gasteiger partial charge in [0.25, 0.3) is 0 Å². The van der Waals surface area contributed by atoms with Gasteiger partial charge in [0.05, 0.1) is 5.39 Å². The van der Waals surface area contributed by atoms with Gasteiger partial charge in [-0.15, -0.1) is 0 Å². The zero-order valence-corrected chi connectivity index (χ0v) is 52.4. The van der Waals surface area contributed by atoms with Gasteiger partial charge in [0.15, 0.2) is 0 Å². The van der Waals surface area contributed by atoms with Crippen molar-refractivity contribution in [2.24, 2.45) is 0 Å². The molecule has 2 aliphatic heterocycles. The van der Waals surface area contributed by atoms with Gasteiger partial charge >= 0.3 is 6.85 Å². The van der Waals surface area contributed by atoms with E-state index >= 15 is 0 Å². The van der Waals surface area contributed by atoms with Crippen LogP contribution in [0.5, 0.6) is 0 Å². The molecule has 0 amide bonds. The molecule has 3 heterocycles. The normalized spacial score (nSPS) is 17.1. The van der Waals surface area contributed by atoms with Gasteiger partial charge in [0.2, 0.25) is 0 Å². The third kappa shape index (κ3) is 8.52. The molecule has 5 heteroatoms. The summed E-state index contributed by atoms with van der Waals surface area (Å²) >= 11 is 0. The number of hydrogen-bond acceptors (Lipinski definition) is 4. The van der Waals surface area contributed by atoms with Gasteiger partial charge in [0, 0.05) is 56.4 Å². The number of furan rings is 1. The molecule has 14 rings (SSSR count). The quantitative estimate of drug-likeness (QED) is 0.155. The molecule has 0 bridgehead atoms. The average Bonchev–Trinajstić information content (AvgIpc) is 0.942. The molecule has 422 valence electrons. The number of nitrogens with zero attached hydrogens (tertiary/aromatic N) is 3. The van der Waals surface area contributed by atoms with Crippen molar-refractivity contribution in [3.63, 3.8) is 0 Å². The Morgan fingerprint density at radius 3 is 1.64 bits per heavy atom. The van der Waals surface area contributed by atoms with Crippen LogP contribution in [-0.4, -0.2) is 6.85 Å². The van der Waals surface area contributed by atoms with Crippen molar-refractivity contribution in [2.45, 2.75) is 162 Å². The van der Waals surface area contributed by atoms with E-state index in [0.717, 1.165) is 64.7 Å². The van der Waals surface area contributed by atoms with Crippen LogP contribution in [0.3, 0.4) is 0 Å². The van der Waals surface area contributed by atoms with Gasteiger partial charge < -0.3 is 19.0 Å². The van der Waals surface area contributed by atoms with Crippen LogP contribution in [-0.2, 0) is 32.5 Å². The topological polar surface area (TPSA) is 22.9 Å². The van der Waals surface area contributed by atoms with Crippen molar-refractivity contribution >= 4 is 85.2 Å². The van der Waals surface area contributed by atoms with E-state index in [2.05, 4.69) is 294 Å².